The van der Waals surface area contributed by atoms with Gasteiger partial charge in [0.25, 0.3) is 5.69 Å². The summed E-state index contributed by atoms with van der Waals surface area (Å²) < 4.78 is 5.10. The second-order valence-electron chi connectivity index (χ2n) is 3.08. The van der Waals surface area contributed by atoms with Crippen molar-refractivity contribution in [2.24, 2.45) is 0 Å². The standard InChI is InChI=1S/C10H13NO3S/c1-14-10-7-9(11(12)13)5-4-8(10)3-2-6-15/h4-5,7,15H,2-3,6H2,1H3. The van der Waals surface area contributed by atoms with Crippen molar-refractivity contribution in [1.82, 2.24) is 0 Å². The lowest BCUT2D eigenvalue weighted by atomic mass is 10.1. The lowest BCUT2D eigenvalue weighted by Gasteiger charge is -2.07. The Bertz CT molecular complexity index is 355. The SMILES string of the molecule is COc1cc([N+](=O)[O-])ccc1CCCS. The summed E-state index contributed by atoms with van der Waals surface area (Å²) in [5.74, 6) is 1.37. The van der Waals surface area contributed by atoms with Gasteiger partial charge in [-0.3, -0.25) is 10.1 Å². The second-order valence-corrected chi connectivity index (χ2v) is 3.53. The Morgan fingerprint density at radius 2 is 2.27 bits per heavy atom. The minimum atomic E-state index is -0.426. The van der Waals surface area contributed by atoms with Gasteiger partial charge in [-0.1, -0.05) is 0 Å². The van der Waals surface area contributed by atoms with Crippen molar-refractivity contribution in [3.63, 3.8) is 0 Å². The van der Waals surface area contributed by atoms with Crippen LogP contribution in [0.2, 0.25) is 0 Å². The number of methoxy groups -OCH3 is 1. The first-order valence-electron chi connectivity index (χ1n) is 4.61. The zero-order valence-corrected chi connectivity index (χ0v) is 9.37. The third kappa shape index (κ3) is 3.13. The van der Waals surface area contributed by atoms with Gasteiger partial charge < -0.3 is 4.74 Å². The molecule has 1 aromatic rings. The van der Waals surface area contributed by atoms with E-state index in [1.165, 1.54) is 19.2 Å². The molecule has 0 aliphatic rings. The Labute approximate surface area is 93.8 Å². The van der Waals surface area contributed by atoms with Crippen molar-refractivity contribution in [2.75, 3.05) is 12.9 Å². The van der Waals surface area contributed by atoms with E-state index >= 15 is 0 Å². The minimum Gasteiger partial charge on any atom is -0.496 e. The molecule has 0 atom stereocenters. The highest BCUT2D eigenvalue weighted by atomic mass is 32.1. The van der Waals surface area contributed by atoms with Crippen LogP contribution in [0.1, 0.15) is 12.0 Å². The van der Waals surface area contributed by atoms with Crippen LogP contribution in [0.4, 0.5) is 5.69 Å². The van der Waals surface area contributed by atoms with Crippen LogP contribution in [0.15, 0.2) is 18.2 Å². The maximum absolute atomic E-state index is 10.5. The van der Waals surface area contributed by atoms with Crippen LogP contribution in [-0.4, -0.2) is 17.8 Å². The van der Waals surface area contributed by atoms with E-state index in [4.69, 9.17) is 4.74 Å². The molecule has 82 valence electrons. The number of nitro benzene ring substituents is 1. The number of nitrogens with zero attached hydrogens (tertiary/aromatic N) is 1. The van der Waals surface area contributed by atoms with E-state index in [-0.39, 0.29) is 5.69 Å². The molecule has 5 heteroatoms. The third-order valence-corrected chi connectivity index (χ3v) is 2.40. The van der Waals surface area contributed by atoms with Gasteiger partial charge in [-0.2, -0.15) is 12.6 Å². The fourth-order valence-electron chi connectivity index (χ4n) is 1.32. The van der Waals surface area contributed by atoms with Crippen molar-refractivity contribution in [3.8, 4) is 5.75 Å². The molecule has 0 amide bonds. The van der Waals surface area contributed by atoms with Crippen molar-refractivity contribution in [2.45, 2.75) is 12.8 Å². The van der Waals surface area contributed by atoms with Crippen LogP contribution >= 0.6 is 12.6 Å². The molecule has 0 saturated heterocycles. The van der Waals surface area contributed by atoms with Gasteiger partial charge in [-0.05, 0) is 30.2 Å². The van der Waals surface area contributed by atoms with E-state index in [2.05, 4.69) is 12.6 Å². The van der Waals surface area contributed by atoms with E-state index < -0.39 is 4.92 Å². The van der Waals surface area contributed by atoms with E-state index in [1.807, 2.05) is 0 Å². The number of hydrogen-bond donors (Lipinski definition) is 1. The zero-order valence-electron chi connectivity index (χ0n) is 8.47. The van der Waals surface area contributed by atoms with Gasteiger partial charge in [0.2, 0.25) is 0 Å². The molecule has 0 aromatic heterocycles. The number of aryl methyl sites for hydroxylation is 1. The summed E-state index contributed by atoms with van der Waals surface area (Å²) in [4.78, 5) is 10.1. The van der Waals surface area contributed by atoms with Crippen molar-refractivity contribution in [3.05, 3.63) is 33.9 Å². The topological polar surface area (TPSA) is 52.4 Å². The maximum atomic E-state index is 10.5. The molecule has 0 bridgehead atoms. The monoisotopic (exact) mass is 227 g/mol. The van der Waals surface area contributed by atoms with Crippen LogP contribution in [0, 0.1) is 10.1 Å². The molecule has 0 unspecified atom stereocenters. The molecule has 1 aromatic carbocycles. The average Bonchev–Trinajstić information content (AvgIpc) is 2.25. The van der Waals surface area contributed by atoms with Crippen molar-refractivity contribution in [1.29, 1.82) is 0 Å². The minimum absolute atomic E-state index is 0.0569. The molecular formula is C10H13NO3S. The largest absolute Gasteiger partial charge is 0.496 e. The second kappa shape index (κ2) is 5.60. The highest BCUT2D eigenvalue weighted by molar-refractivity contribution is 7.80. The van der Waals surface area contributed by atoms with Gasteiger partial charge in [0.15, 0.2) is 0 Å². The van der Waals surface area contributed by atoms with Crippen LogP contribution in [0.3, 0.4) is 0 Å². The summed E-state index contributed by atoms with van der Waals surface area (Å²) in [7, 11) is 1.52. The fourth-order valence-corrected chi connectivity index (χ4v) is 1.48. The van der Waals surface area contributed by atoms with E-state index in [9.17, 15) is 10.1 Å². The molecular weight excluding hydrogens is 214 g/mol. The molecule has 0 aliphatic heterocycles. The predicted octanol–water partition coefficient (Wildman–Crippen LogP) is 2.47. The van der Waals surface area contributed by atoms with Crippen LogP contribution in [0.5, 0.6) is 5.75 Å². The number of benzene rings is 1. The van der Waals surface area contributed by atoms with Crippen molar-refractivity contribution < 1.29 is 9.66 Å². The molecule has 0 saturated carbocycles. The predicted molar refractivity (Wildman–Crippen MR) is 61.8 cm³/mol. The summed E-state index contributed by atoms with van der Waals surface area (Å²) in [6, 6.07) is 4.69. The Kier molecular flexibility index (Phi) is 4.42. The Balaban J connectivity index is 2.93. The van der Waals surface area contributed by atoms with Gasteiger partial charge >= 0.3 is 0 Å². The summed E-state index contributed by atoms with van der Waals surface area (Å²) in [5, 5.41) is 10.5. The van der Waals surface area contributed by atoms with E-state index in [1.54, 1.807) is 6.07 Å². The molecule has 0 spiro atoms. The van der Waals surface area contributed by atoms with Gasteiger partial charge in [0.1, 0.15) is 5.75 Å². The smallest absolute Gasteiger partial charge is 0.273 e. The number of rotatable bonds is 5. The van der Waals surface area contributed by atoms with E-state index in [0.29, 0.717) is 5.75 Å². The lowest BCUT2D eigenvalue weighted by Crippen LogP contribution is -1.95. The van der Waals surface area contributed by atoms with Crippen molar-refractivity contribution >= 4 is 18.3 Å². The first kappa shape index (κ1) is 11.8. The quantitative estimate of drug-likeness (QED) is 0.477. The lowest BCUT2D eigenvalue weighted by molar-refractivity contribution is -0.384. The molecule has 15 heavy (non-hydrogen) atoms. The van der Waals surface area contributed by atoms with Crippen LogP contribution < -0.4 is 4.74 Å². The number of hydrogen-bond acceptors (Lipinski definition) is 4. The Morgan fingerprint density at radius 1 is 1.53 bits per heavy atom. The summed E-state index contributed by atoms with van der Waals surface area (Å²) >= 11 is 4.12. The average molecular weight is 227 g/mol. The van der Waals surface area contributed by atoms with Gasteiger partial charge in [-0.15, -0.1) is 0 Å². The zero-order chi connectivity index (χ0) is 11.3. The maximum Gasteiger partial charge on any atom is 0.273 e. The first-order valence-corrected chi connectivity index (χ1v) is 5.24. The van der Waals surface area contributed by atoms with Gasteiger partial charge in [0, 0.05) is 6.07 Å². The third-order valence-electron chi connectivity index (χ3n) is 2.09. The van der Waals surface area contributed by atoms with Crippen LogP contribution in [0.25, 0.3) is 0 Å². The molecule has 0 heterocycles. The first-order chi connectivity index (χ1) is 7.19. The van der Waals surface area contributed by atoms with Gasteiger partial charge in [0.05, 0.1) is 18.1 Å². The Hall–Kier alpha value is -1.23. The van der Waals surface area contributed by atoms with Crippen LogP contribution in [-0.2, 0) is 6.42 Å². The summed E-state index contributed by atoms with van der Waals surface area (Å²) in [5.41, 5.74) is 1.04. The number of nitro groups is 1. The molecule has 4 nitrogen and oxygen atoms in total. The fraction of sp³-hybridized carbons (Fsp3) is 0.400. The summed E-state index contributed by atoms with van der Waals surface area (Å²) in [6.45, 7) is 0. The highest BCUT2D eigenvalue weighted by Gasteiger charge is 2.10. The highest BCUT2D eigenvalue weighted by Crippen LogP contribution is 2.25. The molecule has 0 fully saturated rings. The molecule has 0 N–H and O–H groups in total. The molecule has 0 radical (unpaired) electrons. The number of ether oxygens (including phenoxy) is 1. The Morgan fingerprint density at radius 3 is 2.80 bits per heavy atom. The number of non-ortho nitro benzene ring substituents is 1. The molecule has 1 rings (SSSR count). The van der Waals surface area contributed by atoms with E-state index in [0.717, 1.165) is 24.2 Å². The number of thiol groups is 1. The van der Waals surface area contributed by atoms with Gasteiger partial charge in [-0.25, -0.2) is 0 Å². The normalized spacial score (nSPS) is 10.0. The summed E-state index contributed by atoms with van der Waals surface area (Å²) in [6.07, 6.45) is 1.75. The molecule has 0 aliphatic carbocycles.